The first-order valence-electron chi connectivity index (χ1n) is 6.32. The second kappa shape index (κ2) is 4.85. The summed E-state index contributed by atoms with van der Waals surface area (Å²) in [4.78, 5) is 22.7. The average molecular weight is 269 g/mol. The minimum atomic E-state index is -0.365. The van der Waals surface area contributed by atoms with Crippen molar-refractivity contribution < 1.29 is 9.18 Å². The van der Waals surface area contributed by atoms with Crippen LogP contribution in [0.4, 0.5) is 4.39 Å². The van der Waals surface area contributed by atoms with Crippen molar-refractivity contribution in [2.75, 3.05) is 0 Å². The number of halogens is 1. The average Bonchev–Trinajstić information content (AvgIpc) is 2.89. The molecule has 0 unspecified atom stereocenters. The van der Waals surface area contributed by atoms with Crippen molar-refractivity contribution in [3.63, 3.8) is 0 Å². The van der Waals surface area contributed by atoms with Gasteiger partial charge in [-0.2, -0.15) is 0 Å². The number of nitrogens with one attached hydrogen (secondary N) is 1. The minimum absolute atomic E-state index is 0.326. The Morgan fingerprint density at radius 3 is 2.80 bits per heavy atom. The number of carbonyl (C=O) groups excluding carboxylic acids is 1. The van der Waals surface area contributed by atoms with Gasteiger partial charge in [0, 0.05) is 11.8 Å². The Balaban J connectivity index is 2.29. The van der Waals surface area contributed by atoms with Gasteiger partial charge in [0.15, 0.2) is 12.1 Å². The summed E-state index contributed by atoms with van der Waals surface area (Å²) in [6.07, 6.45) is 3.00. The second-order valence-electron chi connectivity index (χ2n) is 4.41. The first kappa shape index (κ1) is 12.5. The van der Waals surface area contributed by atoms with E-state index in [4.69, 9.17) is 0 Å². The molecule has 2 heterocycles. The highest BCUT2D eigenvalue weighted by Gasteiger charge is 2.14. The van der Waals surface area contributed by atoms with E-state index in [1.54, 1.807) is 24.4 Å². The molecule has 20 heavy (non-hydrogen) atoms. The van der Waals surface area contributed by atoms with Gasteiger partial charge in [0.25, 0.3) is 0 Å². The number of rotatable bonds is 3. The molecule has 2 aromatic heterocycles. The van der Waals surface area contributed by atoms with E-state index >= 15 is 0 Å². The molecule has 4 nitrogen and oxygen atoms in total. The fraction of sp³-hybridized carbons (Fsp3) is 0.133. The van der Waals surface area contributed by atoms with Crippen molar-refractivity contribution in [3.05, 3.63) is 47.5 Å². The molecule has 0 radical (unpaired) electrons. The maximum absolute atomic E-state index is 13.8. The summed E-state index contributed by atoms with van der Waals surface area (Å²) in [6.45, 7) is 1.94. The molecule has 5 heteroatoms. The zero-order chi connectivity index (χ0) is 14.1. The van der Waals surface area contributed by atoms with E-state index in [0.29, 0.717) is 34.4 Å². The number of nitrogens with zero attached hydrogens (tertiary/aromatic N) is 2. The SMILES string of the molecule is CCc1nc(-c2ccccc2F)nc2[nH]cc(C=O)c12. The number of aromatic amines is 1. The molecule has 1 N–H and O–H groups in total. The molecule has 0 aliphatic heterocycles. The van der Waals surface area contributed by atoms with Gasteiger partial charge in [-0.05, 0) is 18.6 Å². The zero-order valence-electron chi connectivity index (χ0n) is 10.9. The minimum Gasteiger partial charge on any atom is -0.345 e. The number of fused-ring (bicyclic) bond motifs is 1. The van der Waals surface area contributed by atoms with Crippen LogP contribution in [0.5, 0.6) is 0 Å². The van der Waals surface area contributed by atoms with Crippen molar-refractivity contribution in [1.82, 2.24) is 15.0 Å². The largest absolute Gasteiger partial charge is 0.345 e. The second-order valence-corrected chi connectivity index (χ2v) is 4.41. The number of benzene rings is 1. The summed E-state index contributed by atoms with van der Waals surface area (Å²) >= 11 is 0. The lowest BCUT2D eigenvalue weighted by molar-refractivity contribution is 0.112. The maximum Gasteiger partial charge on any atom is 0.164 e. The molecule has 0 aliphatic rings. The van der Waals surface area contributed by atoms with E-state index in [1.165, 1.54) is 6.07 Å². The molecule has 0 saturated heterocycles. The van der Waals surface area contributed by atoms with Crippen LogP contribution >= 0.6 is 0 Å². The van der Waals surface area contributed by atoms with Gasteiger partial charge in [-0.1, -0.05) is 19.1 Å². The summed E-state index contributed by atoms with van der Waals surface area (Å²) in [7, 11) is 0. The van der Waals surface area contributed by atoms with Gasteiger partial charge >= 0.3 is 0 Å². The molecule has 0 bridgehead atoms. The Labute approximate surface area is 114 Å². The first-order chi connectivity index (χ1) is 9.74. The Morgan fingerprint density at radius 2 is 2.10 bits per heavy atom. The molecule has 3 aromatic rings. The fourth-order valence-electron chi connectivity index (χ4n) is 2.25. The van der Waals surface area contributed by atoms with Crippen molar-refractivity contribution in [1.29, 1.82) is 0 Å². The van der Waals surface area contributed by atoms with Crippen LogP contribution in [0.15, 0.2) is 30.5 Å². The topological polar surface area (TPSA) is 58.6 Å². The van der Waals surface area contributed by atoms with Crippen LogP contribution in [-0.4, -0.2) is 21.2 Å². The van der Waals surface area contributed by atoms with E-state index < -0.39 is 0 Å². The third-order valence-electron chi connectivity index (χ3n) is 3.21. The summed E-state index contributed by atoms with van der Waals surface area (Å²) in [5.41, 5.74) is 2.16. The number of aromatic nitrogens is 3. The van der Waals surface area contributed by atoms with E-state index in [2.05, 4.69) is 15.0 Å². The van der Waals surface area contributed by atoms with Crippen LogP contribution < -0.4 is 0 Å². The molecule has 0 atom stereocenters. The molecule has 0 spiro atoms. The Kier molecular flexibility index (Phi) is 3.02. The van der Waals surface area contributed by atoms with E-state index in [9.17, 15) is 9.18 Å². The molecular weight excluding hydrogens is 257 g/mol. The number of hydrogen-bond donors (Lipinski definition) is 1. The number of H-pyrrole nitrogens is 1. The molecule has 0 fully saturated rings. The normalized spacial score (nSPS) is 10.9. The third kappa shape index (κ3) is 1.87. The van der Waals surface area contributed by atoms with Crippen molar-refractivity contribution in [2.24, 2.45) is 0 Å². The van der Waals surface area contributed by atoms with Gasteiger partial charge in [-0.15, -0.1) is 0 Å². The van der Waals surface area contributed by atoms with Crippen LogP contribution in [0.2, 0.25) is 0 Å². The van der Waals surface area contributed by atoms with Crippen molar-refractivity contribution in [3.8, 4) is 11.4 Å². The standard InChI is InChI=1S/C15H12FN3O/c1-2-12-13-9(8-20)7-17-15(13)19-14(18-12)10-5-3-4-6-11(10)16/h3-8H,2H2,1H3,(H,17,18,19). The summed E-state index contributed by atoms with van der Waals surface area (Å²) in [5, 5.41) is 0.711. The first-order valence-corrected chi connectivity index (χ1v) is 6.32. The number of hydrogen-bond acceptors (Lipinski definition) is 3. The molecule has 3 rings (SSSR count). The highest BCUT2D eigenvalue weighted by Crippen LogP contribution is 2.25. The van der Waals surface area contributed by atoms with Crippen LogP contribution in [0.3, 0.4) is 0 Å². The van der Waals surface area contributed by atoms with Crippen molar-refractivity contribution in [2.45, 2.75) is 13.3 Å². The van der Waals surface area contributed by atoms with Crippen LogP contribution in [0, 0.1) is 5.82 Å². The highest BCUT2D eigenvalue weighted by atomic mass is 19.1. The van der Waals surface area contributed by atoms with Crippen LogP contribution in [0.1, 0.15) is 23.0 Å². The van der Waals surface area contributed by atoms with Gasteiger partial charge in [0.2, 0.25) is 0 Å². The van der Waals surface area contributed by atoms with Gasteiger partial charge in [-0.3, -0.25) is 4.79 Å². The maximum atomic E-state index is 13.8. The summed E-state index contributed by atoms with van der Waals surface area (Å²) < 4.78 is 13.8. The van der Waals surface area contributed by atoms with E-state index in [0.717, 1.165) is 12.0 Å². The van der Waals surface area contributed by atoms with Gasteiger partial charge in [0.1, 0.15) is 11.5 Å². The lowest BCUT2D eigenvalue weighted by atomic mass is 10.1. The number of aldehydes is 1. The molecule has 100 valence electrons. The highest BCUT2D eigenvalue weighted by molar-refractivity contribution is 5.97. The Hall–Kier alpha value is -2.56. The number of carbonyl (C=O) groups is 1. The molecule has 0 amide bonds. The molecule has 0 aliphatic carbocycles. The Morgan fingerprint density at radius 1 is 1.30 bits per heavy atom. The quantitative estimate of drug-likeness (QED) is 0.743. The lowest BCUT2D eigenvalue weighted by Crippen LogP contribution is -1.98. The molecular formula is C15H12FN3O. The van der Waals surface area contributed by atoms with Gasteiger partial charge in [-0.25, -0.2) is 14.4 Å². The molecule has 1 aromatic carbocycles. The van der Waals surface area contributed by atoms with E-state index in [1.807, 2.05) is 6.92 Å². The van der Waals surface area contributed by atoms with Crippen LogP contribution in [-0.2, 0) is 6.42 Å². The lowest BCUT2D eigenvalue weighted by Gasteiger charge is -2.05. The third-order valence-corrected chi connectivity index (χ3v) is 3.21. The fourth-order valence-corrected chi connectivity index (χ4v) is 2.25. The smallest absolute Gasteiger partial charge is 0.164 e. The number of aryl methyl sites for hydroxylation is 1. The van der Waals surface area contributed by atoms with Crippen molar-refractivity contribution >= 4 is 17.3 Å². The Bertz CT molecular complexity index is 795. The van der Waals surface area contributed by atoms with Gasteiger partial charge in [0.05, 0.1) is 16.6 Å². The predicted octanol–water partition coefficient (Wildman–Crippen LogP) is 3.14. The van der Waals surface area contributed by atoms with Crippen LogP contribution in [0.25, 0.3) is 22.4 Å². The summed E-state index contributed by atoms with van der Waals surface area (Å²) in [5.74, 6) is -0.0391. The monoisotopic (exact) mass is 269 g/mol. The van der Waals surface area contributed by atoms with E-state index in [-0.39, 0.29) is 5.82 Å². The molecule has 0 saturated carbocycles. The predicted molar refractivity (Wildman–Crippen MR) is 74.0 cm³/mol. The summed E-state index contributed by atoms with van der Waals surface area (Å²) in [6, 6.07) is 6.37. The zero-order valence-corrected chi connectivity index (χ0v) is 10.9. The van der Waals surface area contributed by atoms with Gasteiger partial charge < -0.3 is 4.98 Å².